The molecule has 28 heavy (non-hydrogen) atoms. The molecule has 2 atom stereocenters. The van der Waals surface area contributed by atoms with Gasteiger partial charge in [-0.15, -0.1) is 0 Å². The van der Waals surface area contributed by atoms with Gasteiger partial charge in [-0.05, 0) is 30.7 Å². The fourth-order valence-electron chi connectivity index (χ4n) is 4.48. The predicted octanol–water partition coefficient (Wildman–Crippen LogP) is 1.03. The number of ketones is 1. The van der Waals surface area contributed by atoms with E-state index < -0.39 is 11.7 Å². The third kappa shape index (κ3) is 2.19. The predicted molar refractivity (Wildman–Crippen MR) is 100 cm³/mol. The van der Waals surface area contributed by atoms with Crippen molar-refractivity contribution in [2.75, 3.05) is 32.4 Å². The van der Waals surface area contributed by atoms with Gasteiger partial charge in [0.25, 0.3) is 5.78 Å². The highest BCUT2D eigenvalue weighted by Crippen LogP contribution is 2.49. The zero-order valence-corrected chi connectivity index (χ0v) is 16.0. The molecule has 144 valence electrons. The monoisotopic (exact) mass is 381 g/mol. The van der Waals surface area contributed by atoms with E-state index in [1.807, 2.05) is 32.2 Å². The molecule has 2 aromatic rings. The molecular formula is C21H21N2O5+. The maximum Gasteiger partial charge on any atom is 0.304 e. The molecule has 3 aliphatic heterocycles. The third-order valence-electron chi connectivity index (χ3n) is 5.80. The molecule has 3 heterocycles. The number of rotatable bonds is 2. The second kappa shape index (κ2) is 5.97. The first-order valence-corrected chi connectivity index (χ1v) is 9.31. The van der Waals surface area contributed by atoms with Crippen LogP contribution in [0.5, 0.6) is 17.2 Å². The van der Waals surface area contributed by atoms with Crippen molar-refractivity contribution in [3.8, 4) is 17.2 Å². The fraction of sp³-hybridized carbons (Fsp3) is 0.333. The highest BCUT2D eigenvalue weighted by Gasteiger charge is 2.48. The van der Waals surface area contributed by atoms with Gasteiger partial charge in [0.15, 0.2) is 11.5 Å². The van der Waals surface area contributed by atoms with E-state index >= 15 is 0 Å². The van der Waals surface area contributed by atoms with Crippen LogP contribution in [0.3, 0.4) is 0 Å². The average molecular weight is 381 g/mol. The van der Waals surface area contributed by atoms with Gasteiger partial charge >= 0.3 is 5.91 Å². The van der Waals surface area contributed by atoms with Crippen molar-refractivity contribution in [3.63, 3.8) is 0 Å². The molecule has 5 rings (SSSR count). The Labute approximate surface area is 162 Å². The van der Waals surface area contributed by atoms with Gasteiger partial charge in [0.2, 0.25) is 18.7 Å². The van der Waals surface area contributed by atoms with E-state index in [0.717, 1.165) is 34.6 Å². The number of fused-ring (bicyclic) bond motifs is 3. The van der Waals surface area contributed by atoms with Crippen molar-refractivity contribution >= 4 is 17.4 Å². The number of quaternary nitrogens is 1. The molecule has 0 radical (unpaired) electrons. The van der Waals surface area contributed by atoms with E-state index in [-0.39, 0.29) is 13.0 Å². The van der Waals surface area contributed by atoms with E-state index in [2.05, 4.69) is 0 Å². The molecule has 3 aliphatic rings. The minimum atomic E-state index is -0.502. The number of Topliss-reactive ketones (excluding diaryl/α,β-unsaturated/α-hetero) is 1. The maximum atomic E-state index is 13.0. The number of nitrogens with zero attached hydrogens (tertiary/aromatic N) is 1. The number of carbonyl (C=O) groups is 2. The normalized spacial score (nSPS) is 22.3. The van der Waals surface area contributed by atoms with Gasteiger partial charge in [-0.3, -0.25) is 9.59 Å². The lowest BCUT2D eigenvalue weighted by molar-refractivity contribution is -0.913. The van der Waals surface area contributed by atoms with Crippen LogP contribution >= 0.6 is 0 Å². The molecular weight excluding hydrogens is 360 g/mol. The number of ether oxygens (including phenoxy) is 3. The van der Waals surface area contributed by atoms with Gasteiger partial charge in [0.05, 0.1) is 37.5 Å². The molecule has 0 spiro atoms. The van der Waals surface area contributed by atoms with Crippen molar-refractivity contribution in [1.82, 2.24) is 0 Å². The van der Waals surface area contributed by atoms with Crippen LogP contribution in [-0.4, -0.2) is 39.2 Å². The zero-order valence-electron chi connectivity index (χ0n) is 16.0. The Morgan fingerprint density at radius 3 is 2.82 bits per heavy atom. The summed E-state index contributed by atoms with van der Waals surface area (Å²) < 4.78 is 16.9. The Bertz CT molecular complexity index is 1030. The SMILES string of the molecule is COc1c2c(cc3c1[C@H](N1C(=O)C(=O)c4cc(C)ccc41)[NH+](C)CC3)OCO2. The molecule has 1 amide bonds. The van der Waals surface area contributed by atoms with Gasteiger partial charge in [-0.2, -0.15) is 0 Å². The van der Waals surface area contributed by atoms with Gasteiger partial charge in [-0.1, -0.05) is 11.6 Å². The second-order valence-electron chi connectivity index (χ2n) is 7.49. The van der Waals surface area contributed by atoms with Crippen LogP contribution in [0.4, 0.5) is 5.69 Å². The van der Waals surface area contributed by atoms with E-state index in [4.69, 9.17) is 14.2 Å². The summed E-state index contributed by atoms with van der Waals surface area (Å²) in [6.45, 7) is 2.88. The summed E-state index contributed by atoms with van der Waals surface area (Å²) in [4.78, 5) is 28.4. The highest BCUT2D eigenvalue weighted by atomic mass is 16.7. The lowest BCUT2D eigenvalue weighted by atomic mass is 9.94. The van der Waals surface area contributed by atoms with Gasteiger partial charge in [0, 0.05) is 6.42 Å². The fourth-order valence-corrected chi connectivity index (χ4v) is 4.48. The van der Waals surface area contributed by atoms with Gasteiger partial charge in [0.1, 0.15) is 0 Å². The van der Waals surface area contributed by atoms with Crippen molar-refractivity contribution in [3.05, 3.63) is 46.5 Å². The smallest absolute Gasteiger partial charge is 0.304 e. The summed E-state index contributed by atoms with van der Waals surface area (Å²) in [5, 5.41) is 0. The summed E-state index contributed by atoms with van der Waals surface area (Å²) in [7, 11) is 3.62. The minimum Gasteiger partial charge on any atom is -0.492 e. The Kier molecular flexibility index (Phi) is 3.64. The Balaban J connectivity index is 1.73. The second-order valence-corrected chi connectivity index (χ2v) is 7.49. The molecule has 1 unspecified atom stereocenters. The topological polar surface area (TPSA) is 69.5 Å². The first-order chi connectivity index (χ1) is 13.5. The standard InChI is InChI=1S/C21H20N2O5/c1-11-4-5-14-13(8-11)17(24)21(25)23(14)20-16-12(6-7-22(20)2)9-15-18(19(16)26-3)28-10-27-15/h4-5,8-9,20H,6-7,10H2,1-3H3/p+1/t20-/m0/s1. The number of hydrogen-bond acceptors (Lipinski definition) is 5. The molecule has 2 aromatic carbocycles. The summed E-state index contributed by atoms with van der Waals surface area (Å²) in [6, 6.07) is 7.53. The molecule has 0 saturated heterocycles. The Hall–Kier alpha value is -3.06. The van der Waals surface area contributed by atoms with Crippen LogP contribution in [0.1, 0.15) is 33.2 Å². The Morgan fingerprint density at radius 1 is 1.21 bits per heavy atom. The van der Waals surface area contributed by atoms with Gasteiger partial charge in [-0.25, -0.2) is 4.90 Å². The van der Waals surface area contributed by atoms with Crippen LogP contribution in [-0.2, 0) is 11.2 Å². The first-order valence-electron chi connectivity index (χ1n) is 9.31. The summed E-state index contributed by atoms with van der Waals surface area (Å²) in [5.41, 5.74) is 4.00. The first kappa shape index (κ1) is 17.1. The average Bonchev–Trinajstić information content (AvgIpc) is 3.24. The molecule has 0 aromatic heterocycles. The maximum absolute atomic E-state index is 13.0. The van der Waals surface area contributed by atoms with Crippen molar-refractivity contribution < 1.29 is 28.7 Å². The number of nitrogens with one attached hydrogen (secondary N) is 1. The van der Waals surface area contributed by atoms with Crippen LogP contribution < -0.4 is 24.0 Å². The highest BCUT2D eigenvalue weighted by molar-refractivity contribution is 6.52. The van der Waals surface area contributed by atoms with E-state index in [1.165, 1.54) is 0 Å². The van der Waals surface area contributed by atoms with E-state index in [1.54, 1.807) is 18.1 Å². The molecule has 0 saturated carbocycles. The molecule has 7 nitrogen and oxygen atoms in total. The van der Waals surface area contributed by atoms with Crippen molar-refractivity contribution in [1.29, 1.82) is 0 Å². The van der Waals surface area contributed by atoms with Crippen LogP contribution in [0.2, 0.25) is 0 Å². The third-order valence-corrected chi connectivity index (χ3v) is 5.80. The number of amides is 1. The largest absolute Gasteiger partial charge is 0.492 e. The van der Waals surface area contributed by atoms with Crippen LogP contribution in [0, 0.1) is 6.92 Å². The number of benzene rings is 2. The van der Waals surface area contributed by atoms with Crippen LogP contribution in [0.15, 0.2) is 24.3 Å². The Morgan fingerprint density at radius 2 is 2.04 bits per heavy atom. The minimum absolute atomic E-state index is 0.144. The summed E-state index contributed by atoms with van der Waals surface area (Å²) in [6.07, 6.45) is 0.440. The quantitative estimate of drug-likeness (QED) is 0.787. The van der Waals surface area contributed by atoms with Crippen molar-refractivity contribution in [2.24, 2.45) is 0 Å². The van der Waals surface area contributed by atoms with Crippen LogP contribution in [0.25, 0.3) is 0 Å². The van der Waals surface area contributed by atoms with Gasteiger partial charge < -0.3 is 19.1 Å². The zero-order chi connectivity index (χ0) is 19.6. The number of anilines is 1. The summed E-state index contributed by atoms with van der Waals surface area (Å²) >= 11 is 0. The van der Waals surface area contributed by atoms with E-state index in [9.17, 15) is 9.59 Å². The number of methoxy groups -OCH3 is 1. The summed E-state index contributed by atoms with van der Waals surface area (Å²) in [5.74, 6) is 0.836. The molecule has 0 fully saturated rings. The molecule has 1 N–H and O–H groups in total. The number of carbonyl (C=O) groups excluding carboxylic acids is 2. The lowest BCUT2D eigenvalue weighted by Crippen LogP contribution is -3.12. The molecule has 0 aliphatic carbocycles. The molecule has 7 heteroatoms. The number of aryl methyl sites for hydroxylation is 1. The molecule has 0 bridgehead atoms. The van der Waals surface area contributed by atoms with Crippen molar-refractivity contribution in [2.45, 2.75) is 19.5 Å². The number of likely N-dealkylation sites (N-methyl/N-ethyl adjacent to an activating group) is 1. The van der Waals surface area contributed by atoms with E-state index in [0.29, 0.717) is 28.5 Å². The lowest BCUT2D eigenvalue weighted by Gasteiger charge is -2.37. The number of hydrogen-bond donors (Lipinski definition) is 1.